The molecule has 0 atom stereocenters. The first-order valence-electron chi connectivity index (χ1n) is 8.25. The SMILES string of the molecule is [CH2+]C(C)(C)c1cc(-c2ccccc2)c2ccc3ccc(Cl)nc3c2n1. The molecular formula is C22H18ClN2+. The van der Waals surface area contributed by atoms with Crippen molar-refractivity contribution in [3.8, 4) is 11.1 Å². The molecule has 0 radical (unpaired) electrons. The molecule has 0 N–H and O–H groups in total. The summed E-state index contributed by atoms with van der Waals surface area (Å²) in [5.41, 5.74) is 4.62. The lowest BCUT2D eigenvalue weighted by atomic mass is 9.88. The maximum atomic E-state index is 6.15. The molecule has 0 spiro atoms. The molecule has 0 bridgehead atoms. The largest absolute Gasteiger partial charge is 0.245 e. The van der Waals surface area contributed by atoms with Crippen LogP contribution in [-0.2, 0) is 5.41 Å². The summed E-state index contributed by atoms with van der Waals surface area (Å²) in [5, 5.41) is 2.58. The summed E-state index contributed by atoms with van der Waals surface area (Å²) in [5.74, 6) is 0. The van der Waals surface area contributed by atoms with Gasteiger partial charge in [0, 0.05) is 10.8 Å². The van der Waals surface area contributed by atoms with E-state index in [2.05, 4.69) is 56.1 Å². The quantitative estimate of drug-likeness (QED) is 0.245. The van der Waals surface area contributed by atoms with Gasteiger partial charge in [-0.25, -0.2) is 9.97 Å². The number of aromatic nitrogens is 2. The van der Waals surface area contributed by atoms with E-state index in [1.165, 1.54) is 0 Å². The number of rotatable bonds is 2. The fraction of sp³-hybridized carbons (Fsp3) is 0.136. The average molecular weight is 346 g/mol. The number of benzene rings is 2. The van der Waals surface area contributed by atoms with Crippen molar-refractivity contribution in [1.29, 1.82) is 0 Å². The van der Waals surface area contributed by atoms with Crippen molar-refractivity contribution < 1.29 is 0 Å². The maximum absolute atomic E-state index is 6.15. The summed E-state index contributed by atoms with van der Waals surface area (Å²) in [4.78, 5) is 9.46. The third-order valence-corrected chi connectivity index (χ3v) is 4.59. The van der Waals surface area contributed by atoms with Gasteiger partial charge in [-0.15, -0.1) is 0 Å². The van der Waals surface area contributed by atoms with Gasteiger partial charge < -0.3 is 0 Å². The first-order valence-corrected chi connectivity index (χ1v) is 8.62. The minimum atomic E-state index is -0.307. The van der Waals surface area contributed by atoms with Crippen LogP contribution in [0.1, 0.15) is 19.5 Å². The van der Waals surface area contributed by atoms with E-state index in [1.807, 2.05) is 30.3 Å². The molecule has 0 aliphatic rings. The van der Waals surface area contributed by atoms with Gasteiger partial charge >= 0.3 is 0 Å². The Kier molecular flexibility index (Phi) is 3.66. The second kappa shape index (κ2) is 5.75. The third kappa shape index (κ3) is 2.83. The van der Waals surface area contributed by atoms with Crippen molar-refractivity contribution in [2.45, 2.75) is 19.3 Å². The Labute approximate surface area is 152 Å². The molecule has 25 heavy (non-hydrogen) atoms. The van der Waals surface area contributed by atoms with E-state index in [9.17, 15) is 0 Å². The number of halogens is 1. The minimum Gasteiger partial charge on any atom is -0.245 e. The molecule has 0 aliphatic heterocycles. The molecule has 0 amide bonds. The van der Waals surface area contributed by atoms with E-state index in [1.54, 1.807) is 0 Å². The fourth-order valence-electron chi connectivity index (χ4n) is 3.05. The second-order valence-corrected chi connectivity index (χ2v) is 7.36. The fourth-order valence-corrected chi connectivity index (χ4v) is 3.20. The van der Waals surface area contributed by atoms with Crippen molar-refractivity contribution in [3.05, 3.63) is 78.4 Å². The smallest absolute Gasteiger partial charge is 0.141 e. The second-order valence-electron chi connectivity index (χ2n) is 6.97. The summed E-state index contributed by atoms with van der Waals surface area (Å²) in [6.07, 6.45) is 0. The average Bonchev–Trinajstić information content (AvgIpc) is 2.60. The molecule has 2 heterocycles. The van der Waals surface area contributed by atoms with Crippen molar-refractivity contribution in [2.75, 3.05) is 0 Å². The number of pyridine rings is 2. The van der Waals surface area contributed by atoms with Gasteiger partial charge in [0.15, 0.2) is 0 Å². The summed E-state index contributed by atoms with van der Waals surface area (Å²) in [7, 11) is 0. The van der Waals surface area contributed by atoms with E-state index in [0.29, 0.717) is 5.15 Å². The lowest BCUT2D eigenvalue weighted by Gasteiger charge is -2.16. The van der Waals surface area contributed by atoms with E-state index >= 15 is 0 Å². The Morgan fingerprint density at radius 2 is 1.60 bits per heavy atom. The number of hydrogen-bond donors (Lipinski definition) is 0. The highest BCUT2D eigenvalue weighted by molar-refractivity contribution is 6.30. The third-order valence-electron chi connectivity index (χ3n) is 4.38. The maximum Gasteiger partial charge on any atom is 0.141 e. The van der Waals surface area contributed by atoms with Crippen LogP contribution < -0.4 is 0 Å². The van der Waals surface area contributed by atoms with Crippen molar-refractivity contribution in [1.82, 2.24) is 9.97 Å². The summed E-state index contributed by atoms with van der Waals surface area (Å²) < 4.78 is 0. The molecule has 2 nitrogen and oxygen atoms in total. The van der Waals surface area contributed by atoms with Crippen molar-refractivity contribution in [3.63, 3.8) is 0 Å². The summed E-state index contributed by atoms with van der Waals surface area (Å²) >= 11 is 6.15. The first-order chi connectivity index (χ1) is 11.9. The van der Waals surface area contributed by atoms with Gasteiger partial charge in [0.2, 0.25) is 0 Å². The van der Waals surface area contributed by atoms with Gasteiger partial charge in [-0.2, -0.15) is 0 Å². The Morgan fingerprint density at radius 3 is 2.32 bits per heavy atom. The molecule has 0 fully saturated rings. The van der Waals surface area contributed by atoms with Crippen LogP contribution in [0.4, 0.5) is 0 Å². The van der Waals surface area contributed by atoms with Crippen LogP contribution in [0.15, 0.2) is 60.7 Å². The predicted octanol–water partition coefficient (Wildman–Crippen LogP) is 6.22. The van der Waals surface area contributed by atoms with Gasteiger partial charge in [0.05, 0.1) is 23.7 Å². The lowest BCUT2D eigenvalue weighted by molar-refractivity contribution is 0.642. The molecule has 4 rings (SSSR count). The Hall–Kier alpha value is -2.58. The van der Waals surface area contributed by atoms with Crippen LogP contribution in [0.3, 0.4) is 0 Å². The Morgan fingerprint density at radius 1 is 0.880 bits per heavy atom. The van der Waals surface area contributed by atoms with Gasteiger partial charge in [-0.3, -0.25) is 0 Å². The highest BCUT2D eigenvalue weighted by Gasteiger charge is 2.25. The van der Waals surface area contributed by atoms with Crippen LogP contribution in [0.2, 0.25) is 5.15 Å². The number of nitrogens with zero attached hydrogens (tertiary/aromatic N) is 2. The summed E-state index contributed by atoms with van der Waals surface area (Å²) in [6.45, 7) is 8.41. The van der Waals surface area contributed by atoms with Crippen LogP contribution in [-0.4, -0.2) is 9.97 Å². The Bertz CT molecular complexity index is 1080. The predicted molar refractivity (Wildman–Crippen MR) is 106 cm³/mol. The zero-order valence-electron chi connectivity index (χ0n) is 14.3. The molecule has 0 saturated carbocycles. The lowest BCUT2D eigenvalue weighted by Crippen LogP contribution is -2.14. The van der Waals surface area contributed by atoms with Crippen LogP contribution in [0.5, 0.6) is 0 Å². The molecule has 2 aromatic carbocycles. The molecule has 4 aromatic rings. The highest BCUT2D eigenvalue weighted by atomic mass is 35.5. The van der Waals surface area contributed by atoms with E-state index in [4.69, 9.17) is 16.6 Å². The van der Waals surface area contributed by atoms with Crippen LogP contribution in [0, 0.1) is 6.92 Å². The zero-order chi connectivity index (χ0) is 17.6. The number of fused-ring (bicyclic) bond motifs is 3. The van der Waals surface area contributed by atoms with Gasteiger partial charge in [0.1, 0.15) is 10.6 Å². The van der Waals surface area contributed by atoms with Crippen molar-refractivity contribution >= 4 is 33.4 Å². The van der Waals surface area contributed by atoms with Crippen LogP contribution >= 0.6 is 11.6 Å². The van der Waals surface area contributed by atoms with E-state index < -0.39 is 0 Å². The molecule has 0 unspecified atom stereocenters. The zero-order valence-corrected chi connectivity index (χ0v) is 15.0. The van der Waals surface area contributed by atoms with E-state index in [0.717, 1.165) is 38.6 Å². The van der Waals surface area contributed by atoms with Gasteiger partial charge in [-0.1, -0.05) is 54.1 Å². The monoisotopic (exact) mass is 345 g/mol. The highest BCUT2D eigenvalue weighted by Crippen LogP contribution is 2.35. The Balaban J connectivity index is 2.17. The molecule has 0 aliphatic carbocycles. The molecular weight excluding hydrogens is 328 g/mol. The molecule has 0 saturated heterocycles. The molecule has 2 aromatic heterocycles. The van der Waals surface area contributed by atoms with Crippen LogP contribution in [0.25, 0.3) is 32.9 Å². The van der Waals surface area contributed by atoms with Gasteiger partial charge in [0.25, 0.3) is 0 Å². The van der Waals surface area contributed by atoms with E-state index in [-0.39, 0.29) is 5.41 Å². The minimum absolute atomic E-state index is 0.307. The standard InChI is InChI=1S/C22H18ClN2/c1-22(2,3)18-13-17(14-7-5-4-6-8-14)16-11-9-15-10-12-19(23)25-20(15)21(16)24-18/h4-13H,1H2,2-3H3/q+1. The summed E-state index contributed by atoms with van der Waals surface area (Å²) in [6, 6.07) is 20.5. The molecule has 122 valence electrons. The number of hydrogen-bond acceptors (Lipinski definition) is 2. The van der Waals surface area contributed by atoms with Crippen molar-refractivity contribution in [2.24, 2.45) is 0 Å². The van der Waals surface area contributed by atoms with Gasteiger partial charge in [-0.05, 0) is 43.2 Å². The topological polar surface area (TPSA) is 25.8 Å². The normalized spacial score (nSPS) is 12.0. The first kappa shape index (κ1) is 15.9. The molecule has 3 heteroatoms.